The highest BCUT2D eigenvalue weighted by molar-refractivity contribution is 6.15. The van der Waals surface area contributed by atoms with E-state index in [0.717, 1.165) is 55.8 Å². The second kappa shape index (κ2) is 8.36. The number of ketones is 1. The average molecular weight is 450 g/mol. The van der Waals surface area contributed by atoms with Crippen LogP contribution in [0.2, 0.25) is 0 Å². The number of anilines is 1. The summed E-state index contributed by atoms with van der Waals surface area (Å²) in [6.45, 7) is 1.58. The van der Waals surface area contributed by atoms with Crippen LogP contribution >= 0.6 is 11.6 Å². The van der Waals surface area contributed by atoms with Gasteiger partial charge in [-0.15, -0.1) is 11.6 Å². The van der Waals surface area contributed by atoms with Gasteiger partial charge in [0.15, 0.2) is 0 Å². The number of alkyl halides is 1. The standard InChI is InChI=1S/C25H25N3O2.CH3Cl/c29-18-10-14-27(15-11-18)17-8-9-22-20(16-17)25(12-4-1-5-13-25)24-26-23(30)19-6-2-3-7-21(19)28(22)24;1-2/h2-3,6-9,16H,1,4-5,10-15H2;1H3. The minimum atomic E-state index is -0.182. The molecule has 6 heteroatoms. The van der Waals surface area contributed by atoms with Crippen molar-refractivity contribution in [3.63, 3.8) is 0 Å². The second-order valence-corrected chi connectivity index (χ2v) is 8.96. The summed E-state index contributed by atoms with van der Waals surface area (Å²) in [6.07, 6.45) is 8.35. The summed E-state index contributed by atoms with van der Waals surface area (Å²) in [6, 6.07) is 14.5. The fourth-order valence-electron chi connectivity index (χ4n) is 5.82. The van der Waals surface area contributed by atoms with Crippen molar-refractivity contribution in [2.24, 2.45) is 0 Å². The van der Waals surface area contributed by atoms with Crippen LogP contribution in [0.15, 0.2) is 47.3 Å². The number of hydrogen-bond donors (Lipinski definition) is 0. The molecule has 2 aliphatic heterocycles. The van der Waals surface area contributed by atoms with Gasteiger partial charge >= 0.3 is 0 Å². The van der Waals surface area contributed by atoms with Crippen molar-refractivity contribution in [2.75, 3.05) is 24.4 Å². The molecule has 166 valence electrons. The summed E-state index contributed by atoms with van der Waals surface area (Å²) in [5.41, 5.74) is 4.30. The fraction of sp³-hybridized carbons (Fsp3) is 0.423. The van der Waals surface area contributed by atoms with Crippen LogP contribution in [0.5, 0.6) is 0 Å². The molecule has 1 spiro atoms. The van der Waals surface area contributed by atoms with Crippen molar-refractivity contribution < 1.29 is 4.79 Å². The van der Waals surface area contributed by atoms with Crippen molar-refractivity contribution in [3.8, 4) is 5.69 Å². The van der Waals surface area contributed by atoms with Crippen LogP contribution in [0.1, 0.15) is 56.3 Å². The number of halogens is 1. The third-order valence-electron chi connectivity index (χ3n) is 7.35. The van der Waals surface area contributed by atoms with Crippen LogP contribution in [-0.2, 0) is 10.2 Å². The lowest BCUT2D eigenvalue weighted by Gasteiger charge is -2.34. The molecule has 1 saturated heterocycles. The number of Topliss-reactive ketones (excluding diaryl/α,β-unsaturated/α-hetero) is 1. The Morgan fingerprint density at radius 1 is 0.938 bits per heavy atom. The van der Waals surface area contributed by atoms with Gasteiger partial charge in [-0.1, -0.05) is 31.4 Å². The zero-order chi connectivity index (χ0) is 22.3. The Balaban J connectivity index is 0.00000105. The van der Waals surface area contributed by atoms with E-state index in [4.69, 9.17) is 0 Å². The number of hydrogen-bond acceptors (Lipinski definition) is 4. The van der Waals surface area contributed by atoms with E-state index >= 15 is 0 Å². The molecule has 5 nitrogen and oxygen atoms in total. The Morgan fingerprint density at radius 3 is 2.41 bits per heavy atom. The van der Waals surface area contributed by atoms with E-state index in [0.29, 0.717) is 24.0 Å². The topological polar surface area (TPSA) is 55.2 Å². The average Bonchev–Trinajstić information content (AvgIpc) is 3.10. The molecule has 0 amide bonds. The van der Waals surface area contributed by atoms with Gasteiger partial charge in [-0.25, -0.2) is 0 Å². The quantitative estimate of drug-likeness (QED) is 0.492. The monoisotopic (exact) mass is 449 g/mol. The predicted octanol–water partition coefficient (Wildman–Crippen LogP) is 4.97. The van der Waals surface area contributed by atoms with Crippen LogP contribution in [-0.4, -0.2) is 34.8 Å². The Bertz CT molecular complexity index is 1230. The summed E-state index contributed by atoms with van der Waals surface area (Å²) in [4.78, 5) is 31.6. The number of benzene rings is 2. The van der Waals surface area contributed by atoms with Gasteiger partial charge in [-0.05, 0) is 48.7 Å². The molecule has 0 atom stereocenters. The van der Waals surface area contributed by atoms with Gasteiger partial charge in [0.25, 0.3) is 5.56 Å². The summed E-state index contributed by atoms with van der Waals surface area (Å²) < 4.78 is 2.24. The maximum atomic E-state index is 12.9. The molecule has 32 heavy (non-hydrogen) atoms. The Hall–Kier alpha value is -2.66. The van der Waals surface area contributed by atoms with E-state index in [2.05, 4.69) is 44.3 Å². The van der Waals surface area contributed by atoms with Gasteiger partial charge in [-0.2, -0.15) is 4.98 Å². The predicted molar refractivity (Wildman–Crippen MR) is 129 cm³/mol. The van der Waals surface area contributed by atoms with Crippen LogP contribution in [0, 0.1) is 0 Å². The van der Waals surface area contributed by atoms with Crippen molar-refractivity contribution in [1.29, 1.82) is 0 Å². The highest BCUT2D eigenvalue weighted by Gasteiger charge is 2.46. The van der Waals surface area contributed by atoms with Crippen LogP contribution in [0.4, 0.5) is 5.69 Å². The number of nitrogens with zero attached hydrogens (tertiary/aromatic N) is 3. The molecule has 3 heterocycles. The lowest BCUT2D eigenvalue weighted by Crippen LogP contribution is -2.34. The molecule has 6 rings (SSSR count). The first-order valence-electron chi connectivity index (χ1n) is 11.5. The molecule has 0 N–H and O–H groups in total. The third-order valence-corrected chi connectivity index (χ3v) is 7.35. The molecule has 1 aliphatic carbocycles. The lowest BCUT2D eigenvalue weighted by atomic mass is 9.69. The molecule has 0 unspecified atom stereocenters. The first-order valence-corrected chi connectivity index (χ1v) is 12.2. The zero-order valence-electron chi connectivity index (χ0n) is 18.4. The molecule has 0 radical (unpaired) electrons. The number of carbonyl (C=O) groups excluding carboxylic acids is 1. The van der Waals surface area contributed by atoms with Gasteiger partial charge in [0.2, 0.25) is 0 Å². The molecular weight excluding hydrogens is 422 g/mol. The Morgan fingerprint density at radius 2 is 1.66 bits per heavy atom. The number of piperidine rings is 1. The smallest absolute Gasteiger partial charge is 0.280 e. The van der Waals surface area contributed by atoms with E-state index in [1.54, 1.807) is 0 Å². The maximum absolute atomic E-state index is 12.9. The minimum absolute atomic E-state index is 0.121. The number of rotatable bonds is 1. The highest BCUT2D eigenvalue weighted by Crippen LogP contribution is 2.52. The SMILES string of the molecule is CCl.O=C1CCN(c2ccc3c(c2)C2(CCCCC2)c2nc(=O)c4ccccc4n2-3)CC1. The molecule has 0 bridgehead atoms. The molecule has 1 aromatic heterocycles. The van der Waals surface area contributed by atoms with Crippen molar-refractivity contribution in [3.05, 3.63) is 64.2 Å². The van der Waals surface area contributed by atoms with Crippen LogP contribution in [0.25, 0.3) is 16.6 Å². The first kappa shape index (κ1) is 21.2. The minimum Gasteiger partial charge on any atom is -0.371 e. The second-order valence-electron chi connectivity index (χ2n) is 8.96. The highest BCUT2D eigenvalue weighted by atomic mass is 35.5. The van der Waals surface area contributed by atoms with Gasteiger partial charge in [0, 0.05) is 38.0 Å². The van der Waals surface area contributed by atoms with E-state index in [9.17, 15) is 9.59 Å². The van der Waals surface area contributed by atoms with Crippen LogP contribution < -0.4 is 10.5 Å². The zero-order valence-corrected chi connectivity index (χ0v) is 19.2. The first-order chi connectivity index (χ1) is 15.7. The summed E-state index contributed by atoms with van der Waals surface area (Å²) in [5.74, 6) is 1.28. The Kier molecular flexibility index (Phi) is 5.54. The number of para-hydroxylation sites is 1. The van der Waals surface area contributed by atoms with E-state index in [-0.39, 0.29) is 11.0 Å². The van der Waals surface area contributed by atoms with Gasteiger partial charge in [0.05, 0.1) is 22.0 Å². The summed E-state index contributed by atoms with van der Waals surface area (Å²) in [5, 5.41) is 0.679. The number of aromatic nitrogens is 2. The normalized spacial score (nSPS) is 18.8. The van der Waals surface area contributed by atoms with Crippen LogP contribution in [0.3, 0.4) is 0 Å². The van der Waals surface area contributed by atoms with Crippen molar-refractivity contribution in [1.82, 2.24) is 9.55 Å². The Labute approximate surface area is 193 Å². The van der Waals surface area contributed by atoms with Crippen molar-refractivity contribution >= 4 is 34.0 Å². The molecule has 1 saturated carbocycles. The summed E-state index contributed by atoms with van der Waals surface area (Å²) >= 11 is 4.64. The number of fused-ring (bicyclic) bond motifs is 7. The van der Waals surface area contributed by atoms with Gasteiger partial charge < -0.3 is 4.90 Å². The summed E-state index contributed by atoms with van der Waals surface area (Å²) in [7, 11) is 0. The molecule has 3 aromatic rings. The fourth-order valence-corrected chi connectivity index (χ4v) is 5.82. The number of carbonyl (C=O) groups is 1. The van der Waals surface area contributed by atoms with E-state index in [1.807, 2.05) is 24.3 Å². The van der Waals surface area contributed by atoms with E-state index < -0.39 is 0 Å². The van der Waals surface area contributed by atoms with E-state index in [1.165, 1.54) is 24.1 Å². The lowest BCUT2D eigenvalue weighted by molar-refractivity contribution is -0.119. The molecule has 2 aromatic carbocycles. The molecule has 3 aliphatic rings. The van der Waals surface area contributed by atoms with Gasteiger partial charge in [0.1, 0.15) is 11.6 Å². The molecule has 2 fully saturated rings. The third kappa shape index (κ3) is 3.17. The molecular formula is C26H28ClN3O2. The largest absolute Gasteiger partial charge is 0.371 e. The van der Waals surface area contributed by atoms with Crippen molar-refractivity contribution in [2.45, 2.75) is 50.4 Å². The maximum Gasteiger partial charge on any atom is 0.280 e. The van der Waals surface area contributed by atoms with Gasteiger partial charge in [-0.3, -0.25) is 14.2 Å².